The first-order chi connectivity index (χ1) is 9.11. The normalized spacial score (nSPS) is 12.6. The number of rotatable bonds is 5. The fourth-order valence-electron chi connectivity index (χ4n) is 1.98. The number of hydrogen-bond donors (Lipinski definition) is 1. The van der Waals surface area contributed by atoms with Crippen molar-refractivity contribution in [2.24, 2.45) is 0 Å². The van der Waals surface area contributed by atoms with E-state index < -0.39 is 0 Å². The van der Waals surface area contributed by atoms with Crippen LogP contribution in [0.3, 0.4) is 0 Å². The van der Waals surface area contributed by atoms with E-state index in [2.05, 4.69) is 37.8 Å². The summed E-state index contributed by atoms with van der Waals surface area (Å²) in [7, 11) is 0. The molecular formula is C13H15BrFN3S. The molecule has 6 heteroatoms. The first-order valence-electron chi connectivity index (χ1n) is 6.08. The number of nitrogens with one attached hydrogen (secondary N) is 1. The fraction of sp³-hybridized carbons (Fsp3) is 0.385. The van der Waals surface area contributed by atoms with Gasteiger partial charge in [0, 0.05) is 10.5 Å². The van der Waals surface area contributed by atoms with E-state index >= 15 is 0 Å². The summed E-state index contributed by atoms with van der Waals surface area (Å²) in [5, 5.41) is 7.45. The van der Waals surface area contributed by atoms with Gasteiger partial charge in [-0.2, -0.15) is 0 Å². The highest BCUT2D eigenvalue weighted by Gasteiger charge is 2.18. The molecule has 19 heavy (non-hydrogen) atoms. The fourth-order valence-corrected chi connectivity index (χ4v) is 3.11. The van der Waals surface area contributed by atoms with E-state index in [0.29, 0.717) is 6.42 Å². The molecule has 0 saturated carbocycles. The Kier molecular flexibility index (Phi) is 5.01. The van der Waals surface area contributed by atoms with E-state index in [-0.39, 0.29) is 11.9 Å². The Hall–Kier alpha value is -0.850. The average molecular weight is 344 g/mol. The highest BCUT2D eigenvalue weighted by Crippen LogP contribution is 2.27. The van der Waals surface area contributed by atoms with Gasteiger partial charge in [0.1, 0.15) is 5.82 Å². The molecule has 1 atom stereocenters. The predicted molar refractivity (Wildman–Crippen MR) is 78.9 cm³/mol. The third-order valence-corrected chi connectivity index (χ3v) is 4.60. The van der Waals surface area contributed by atoms with E-state index in [9.17, 15) is 4.39 Å². The predicted octanol–water partition coefficient (Wildman–Crippen LogP) is 3.64. The first kappa shape index (κ1) is 14.6. The van der Waals surface area contributed by atoms with Gasteiger partial charge in [-0.05, 0) is 55.2 Å². The van der Waals surface area contributed by atoms with Crippen molar-refractivity contribution in [2.45, 2.75) is 26.3 Å². The third kappa shape index (κ3) is 3.58. The second kappa shape index (κ2) is 6.54. The lowest BCUT2D eigenvalue weighted by molar-refractivity contribution is 0.550. The van der Waals surface area contributed by atoms with E-state index in [1.807, 2.05) is 6.92 Å². The Balaban J connectivity index is 2.26. The number of halogens is 2. The SMILES string of the molecule is CCNC(Cc1cc(F)ccc1Br)c1snnc1C. The van der Waals surface area contributed by atoms with E-state index in [1.165, 1.54) is 17.6 Å². The molecule has 1 unspecified atom stereocenters. The average Bonchev–Trinajstić information content (AvgIpc) is 2.79. The van der Waals surface area contributed by atoms with Gasteiger partial charge in [0.05, 0.1) is 10.6 Å². The molecule has 1 heterocycles. The summed E-state index contributed by atoms with van der Waals surface area (Å²) >= 11 is 4.86. The van der Waals surface area contributed by atoms with Crippen LogP contribution in [-0.4, -0.2) is 16.1 Å². The maximum Gasteiger partial charge on any atom is 0.123 e. The van der Waals surface area contributed by atoms with Crippen LogP contribution in [0.15, 0.2) is 22.7 Å². The molecule has 0 fully saturated rings. The molecule has 0 aliphatic heterocycles. The van der Waals surface area contributed by atoms with Gasteiger partial charge >= 0.3 is 0 Å². The second-order valence-corrected chi connectivity index (χ2v) is 5.91. The minimum Gasteiger partial charge on any atom is -0.309 e. The van der Waals surface area contributed by atoms with Gasteiger partial charge in [0.25, 0.3) is 0 Å². The van der Waals surface area contributed by atoms with Crippen LogP contribution < -0.4 is 5.32 Å². The number of likely N-dealkylation sites (N-methyl/N-ethyl adjacent to an activating group) is 1. The Morgan fingerprint density at radius 2 is 2.26 bits per heavy atom. The summed E-state index contributed by atoms with van der Waals surface area (Å²) in [5.74, 6) is -0.215. The molecule has 0 spiro atoms. The van der Waals surface area contributed by atoms with Crippen molar-refractivity contribution in [3.63, 3.8) is 0 Å². The molecule has 3 nitrogen and oxygen atoms in total. The summed E-state index contributed by atoms with van der Waals surface area (Å²) in [5.41, 5.74) is 1.88. The van der Waals surface area contributed by atoms with Crippen molar-refractivity contribution in [3.05, 3.63) is 44.6 Å². The quantitative estimate of drug-likeness (QED) is 0.900. The van der Waals surface area contributed by atoms with E-state index in [0.717, 1.165) is 27.2 Å². The highest BCUT2D eigenvalue weighted by atomic mass is 79.9. The first-order valence-corrected chi connectivity index (χ1v) is 7.64. The Bertz CT molecular complexity index is 559. The van der Waals surface area contributed by atoms with Crippen LogP contribution in [0.4, 0.5) is 4.39 Å². The standard InChI is InChI=1S/C13H15BrFN3S/c1-3-16-12(13-8(2)17-18-19-13)7-9-6-10(15)4-5-11(9)14/h4-6,12,16H,3,7H2,1-2H3. The van der Waals surface area contributed by atoms with Gasteiger partial charge < -0.3 is 5.32 Å². The summed E-state index contributed by atoms with van der Waals surface area (Å²) in [6.45, 7) is 4.84. The van der Waals surface area contributed by atoms with Crippen LogP contribution in [0, 0.1) is 12.7 Å². The maximum atomic E-state index is 13.3. The van der Waals surface area contributed by atoms with Crippen LogP contribution in [0.1, 0.15) is 29.1 Å². The summed E-state index contributed by atoms with van der Waals surface area (Å²) in [6.07, 6.45) is 0.705. The van der Waals surface area contributed by atoms with Crippen LogP contribution in [0.25, 0.3) is 0 Å². The Labute approximate surface area is 124 Å². The molecule has 102 valence electrons. The smallest absolute Gasteiger partial charge is 0.123 e. The summed E-state index contributed by atoms with van der Waals surface area (Å²) in [4.78, 5) is 1.11. The van der Waals surface area contributed by atoms with Crippen molar-refractivity contribution in [1.82, 2.24) is 14.9 Å². The molecule has 0 saturated heterocycles. The number of benzene rings is 1. The van der Waals surface area contributed by atoms with Gasteiger partial charge in [0.15, 0.2) is 0 Å². The minimum atomic E-state index is -0.215. The highest BCUT2D eigenvalue weighted by molar-refractivity contribution is 9.10. The molecule has 1 aromatic carbocycles. The molecule has 0 aliphatic rings. The topological polar surface area (TPSA) is 37.8 Å². The molecular weight excluding hydrogens is 329 g/mol. The van der Waals surface area contributed by atoms with E-state index in [1.54, 1.807) is 12.1 Å². The summed E-state index contributed by atoms with van der Waals surface area (Å²) in [6, 6.07) is 4.88. The molecule has 1 N–H and O–H groups in total. The maximum absolute atomic E-state index is 13.3. The largest absolute Gasteiger partial charge is 0.309 e. The lowest BCUT2D eigenvalue weighted by atomic mass is 10.0. The zero-order chi connectivity index (χ0) is 13.8. The minimum absolute atomic E-state index is 0.114. The van der Waals surface area contributed by atoms with E-state index in [4.69, 9.17) is 0 Å². The monoisotopic (exact) mass is 343 g/mol. The molecule has 2 aromatic rings. The number of nitrogens with zero attached hydrogens (tertiary/aromatic N) is 2. The lowest BCUT2D eigenvalue weighted by Crippen LogP contribution is -2.23. The van der Waals surface area contributed by atoms with Crippen molar-refractivity contribution < 1.29 is 4.39 Å². The van der Waals surface area contributed by atoms with Crippen molar-refractivity contribution in [3.8, 4) is 0 Å². The number of aryl methyl sites for hydroxylation is 1. The molecule has 0 amide bonds. The third-order valence-electron chi connectivity index (χ3n) is 2.89. The Morgan fingerprint density at radius 3 is 2.89 bits per heavy atom. The zero-order valence-electron chi connectivity index (χ0n) is 10.8. The van der Waals surface area contributed by atoms with Crippen molar-refractivity contribution in [2.75, 3.05) is 6.54 Å². The molecule has 0 bridgehead atoms. The van der Waals surface area contributed by atoms with Crippen LogP contribution >= 0.6 is 27.5 Å². The van der Waals surface area contributed by atoms with Crippen LogP contribution in [0.2, 0.25) is 0 Å². The van der Waals surface area contributed by atoms with Crippen LogP contribution in [0.5, 0.6) is 0 Å². The van der Waals surface area contributed by atoms with Gasteiger partial charge in [-0.25, -0.2) is 4.39 Å². The van der Waals surface area contributed by atoms with Crippen molar-refractivity contribution in [1.29, 1.82) is 0 Å². The summed E-state index contributed by atoms with van der Waals surface area (Å²) < 4.78 is 18.2. The number of hydrogen-bond acceptors (Lipinski definition) is 4. The van der Waals surface area contributed by atoms with Gasteiger partial charge in [-0.3, -0.25) is 0 Å². The second-order valence-electron chi connectivity index (χ2n) is 4.27. The Morgan fingerprint density at radius 1 is 1.47 bits per heavy atom. The molecule has 1 aromatic heterocycles. The van der Waals surface area contributed by atoms with Crippen LogP contribution in [-0.2, 0) is 6.42 Å². The van der Waals surface area contributed by atoms with Gasteiger partial charge in [-0.15, -0.1) is 5.10 Å². The lowest BCUT2D eigenvalue weighted by Gasteiger charge is -2.17. The molecule has 0 aliphatic carbocycles. The zero-order valence-corrected chi connectivity index (χ0v) is 13.2. The molecule has 2 rings (SSSR count). The number of aromatic nitrogens is 2. The van der Waals surface area contributed by atoms with Crippen molar-refractivity contribution >= 4 is 27.5 Å². The van der Waals surface area contributed by atoms with Gasteiger partial charge in [-0.1, -0.05) is 27.3 Å². The van der Waals surface area contributed by atoms with Gasteiger partial charge in [0.2, 0.25) is 0 Å². The molecule has 0 radical (unpaired) electrons.